The Morgan fingerprint density at radius 1 is 1.52 bits per heavy atom. The number of hydrogen-bond acceptors (Lipinski definition) is 5. The number of hydrogen-bond donors (Lipinski definition) is 2. The van der Waals surface area contributed by atoms with Crippen LogP contribution in [0.4, 0.5) is 9.93 Å². The Balaban J connectivity index is 2.01. The minimum Gasteiger partial charge on any atom is -0.389 e. The highest BCUT2D eigenvalue weighted by Gasteiger charge is 2.20. The Morgan fingerprint density at radius 3 is 2.90 bits per heavy atom. The van der Waals surface area contributed by atoms with E-state index in [2.05, 4.69) is 15.3 Å². The van der Waals surface area contributed by atoms with Crippen molar-refractivity contribution < 1.29 is 9.90 Å². The van der Waals surface area contributed by atoms with Crippen LogP contribution in [-0.2, 0) is 0 Å². The Kier molecular flexibility index (Phi) is 4.54. The largest absolute Gasteiger partial charge is 0.389 e. The second-order valence-electron chi connectivity index (χ2n) is 5.38. The van der Waals surface area contributed by atoms with E-state index in [9.17, 15) is 9.90 Å². The molecule has 0 saturated carbocycles. The van der Waals surface area contributed by atoms with Gasteiger partial charge in [0.25, 0.3) is 0 Å². The zero-order valence-corrected chi connectivity index (χ0v) is 13.0. The van der Waals surface area contributed by atoms with Crippen molar-refractivity contribution in [3.05, 3.63) is 29.9 Å². The summed E-state index contributed by atoms with van der Waals surface area (Å²) in [5.41, 5.74) is 0.739. The molecule has 2 heterocycles. The first kappa shape index (κ1) is 15.4. The molecule has 2 amide bonds. The molecular weight excluding hydrogens is 288 g/mol. The summed E-state index contributed by atoms with van der Waals surface area (Å²) in [6, 6.07) is 3.45. The Morgan fingerprint density at radius 2 is 2.29 bits per heavy atom. The van der Waals surface area contributed by atoms with Crippen molar-refractivity contribution in [2.75, 3.05) is 18.9 Å². The number of nitrogens with zero attached hydrogens (tertiary/aromatic N) is 3. The minimum atomic E-state index is -0.935. The molecule has 0 aliphatic rings. The van der Waals surface area contributed by atoms with Gasteiger partial charge < -0.3 is 10.0 Å². The van der Waals surface area contributed by atoms with Crippen LogP contribution in [-0.4, -0.2) is 45.2 Å². The lowest BCUT2D eigenvalue weighted by molar-refractivity contribution is 0.0550. The fourth-order valence-corrected chi connectivity index (χ4v) is 2.53. The zero-order chi connectivity index (χ0) is 15.5. The summed E-state index contributed by atoms with van der Waals surface area (Å²) in [5, 5.41) is 14.8. The summed E-state index contributed by atoms with van der Waals surface area (Å²) < 4.78 is 0. The van der Waals surface area contributed by atoms with Gasteiger partial charge in [-0.3, -0.25) is 10.3 Å². The molecule has 0 aliphatic heterocycles. The van der Waals surface area contributed by atoms with Crippen LogP contribution in [0.3, 0.4) is 0 Å². The second-order valence-corrected chi connectivity index (χ2v) is 6.24. The van der Waals surface area contributed by atoms with Gasteiger partial charge in [0.1, 0.15) is 0 Å². The van der Waals surface area contributed by atoms with Crippen molar-refractivity contribution in [1.29, 1.82) is 0 Å². The van der Waals surface area contributed by atoms with Gasteiger partial charge in [0, 0.05) is 30.4 Å². The number of nitrogens with one attached hydrogen (secondary N) is 1. The highest BCUT2D eigenvalue weighted by Crippen LogP contribution is 2.24. The third-order valence-corrected chi connectivity index (χ3v) is 3.40. The second kappa shape index (κ2) is 6.19. The van der Waals surface area contributed by atoms with Crippen LogP contribution in [0.5, 0.6) is 0 Å². The number of pyridine rings is 1. The Labute approximate surface area is 127 Å². The lowest BCUT2D eigenvalue weighted by Gasteiger charge is -2.25. The topological polar surface area (TPSA) is 78.4 Å². The molecule has 112 valence electrons. The molecule has 2 aromatic heterocycles. The molecule has 0 spiro atoms. The number of carbonyl (C=O) groups is 1. The van der Waals surface area contributed by atoms with E-state index < -0.39 is 5.60 Å². The summed E-state index contributed by atoms with van der Waals surface area (Å²) in [4.78, 5) is 21.8. The SMILES string of the molecule is CN(CC(C)(C)O)C(=O)Nc1nc(-c2cccnc2)cs1. The molecule has 0 atom stereocenters. The standard InChI is InChI=1S/C14H18N4O2S/c1-14(2,20)9-18(3)13(19)17-12-16-11(8-21-12)10-5-4-6-15-7-10/h4-8,20H,9H2,1-3H3,(H,16,17,19). The van der Waals surface area contributed by atoms with Gasteiger partial charge >= 0.3 is 6.03 Å². The van der Waals surface area contributed by atoms with Gasteiger partial charge in [0.15, 0.2) is 5.13 Å². The number of anilines is 1. The molecule has 6 nitrogen and oxygen atoms in total. The number of urea groups is 1. The van der Waals surface area contributed by atoms with Crippen molar-refractivity contribution in [1.82, 2.24) is 14.9 Å². The van der Waals surface area contributed by atoms with E-state index in [-0.39, 0.29) is 12.6 Å². The van der Waals surface area contributed by atoms with E-state index in [0.29, 0.717) is 5.13 Å². The molecule has 7 heteroatoms. The molecule has 0 unspecified atom stereocenters. The van der Waals surface area contributed by atoms with E-state index in [4.69, 9.17) is 0 Å². The molecule has 0 aromatic carbocycles. The van der Waals surface area contributed by atoms with Crippen LogP contribution in [0.2, 0.25) is 0 Å². The average Bonchev–Trinajstić information content (AvgIpc) is 2.86. The molecule has 2 aromatic rings. The Hall–Kier alpha value is -1.99. The van der Waals surface area contributed by atoms with Crippen molar-refractivity contribution in [3.63, 3.8) is 0 Å². The van der Waals surface area contributed by atoms with Crippen molar-refractivity contribution in [2.45, 2.75) is 19.4 Å². The minimum absolute atomic E-state index is 0.236. The van der Waals surface area contributed by atoms with Crippen LogP contribution in [0.25, 0.3) is 11.3 Å². The summed E-state index contributed by atoms with van der Waals surface area (Å²) in [5.74, 6) is 0. The van der Waals surface area contributed by atoms with E-state index in [1.807, 2.05) is 17.5 Å². The number of amides is 2. The van der Waals surface area contributed by atoms with E-state index in [0.717, 1.165) is 11.3 Å². The van der Waals surface area contributed by atoms with Crippen LogP contribution in [0.15, 0.2) is 29.9 Å². The molecule has 21 heavy (non-hydrogen) atoms. The van der Waals surface area contributed by atoms with Crippen molar-refractivity contribution in [2.24, 2.45) is 0 Å². The number of aromatic nitrogens is 2. The van der Waals surface area contributed by atoms with Crippen molar-refractivity contribution in [3.8, 4) is 11.3 Å². The number of aliphatic hydroxyl groups is 1. The van der Waals surface area contributed by atoms with Gasteiger partial charge in [-0.05, 0) is 26.0 Å². The number of rotatable bonds is 4. The lowest BCUT2D eigenvalue weighted by atomic mass is 10.1. The molecular formula is C14H18N4O2S. The molecule has 2 rings (SSSR count). The molecule has 0 fully saturated rings. The third-order valence-electron chi connectivity index (χ3n) is 2.65. The van der Waals surface area contributed by atoms with Gasteiger partial charge in [0.05, 0.1) is 17.8 Å². The first-order chi connectivity index (χ1) is 9.85. The van der Waals surface area contributed by atoms with Gasteiger partial charge in [-0.2, -0.15) is 0 Å². The van der Waals surface area contributed by atoms with Crippen LogP contribution in [0.1, 0.15) is 13.8 Å². The lowest BCUT2D eigenvalue weighted by Crippen LogP contribution is -2.41. The van der Waals surface area contributed by atoms with Crippen molar-refractivity contribution >= 4 is 22.5 Å². The Bertz CT molecular complexity index is 607. The van der Waals surface area contributed by atoms with Gasteiger partial charge in [-0.25, -0.2) is 9.78 Å². The monoisotopic (exact) mass is 306 g/mol. The van der Waals surface area contributed by atoms with Gasteiger partial charge in [-0.1, -0.05) is 0 Å². The quantitative estimate of drug-likeness (QED) is 0.909. The highest BCUT2D eigenvalue weighted by molar-refractivity contribution is 7.14. The van der Waals surface area contributed by atoms with E-state index >= 15 is 0 Å². The maximum absolute atomic E-state index is 12.0. The summed E-state index contributed by atoms with van der Waals surface area (Å²) in [6.45, 7) is 3.54. The third kappa shape index (κ3) is 4.51. The molecule has 0 aliphatic carbocycles. The molecule has 0 saturated heterocycles. The highest BCUT2D eigenvalue weighted by atomic mass is 32.1. The summed E-state index contributed by atoms with van der Waals surface area (Å²) >= 11 is 1.35. The molecule has 0 radical (unpaired) electrons. The fraction of sp³-hybridized carbons (Fsp3) is 0.357. The first-order valence-electron chi connectivity index (χ1n) is 6.45. The smallest absolute Gasteiger partial charge is 0.323 e. The first-order valence-corrected chi connectivity index (χ1v) is 7.33. The normalized spacial score (nSPS) is 11.2. The van der Waals surface area contributed by atoms with Crippen LogP contribution < -0.4 is 5.32 Å². The van der Waals surface area contributed by atoms with Crippen LogP contribution in [0, 0.1) is 0 Å². The maximum Gasteiger partial charge on any atom is 0.323 e. The number of likely N-dealkylation sites (N-methyl/N-ethyl adjacent to an activating group) is 1. The number of thiazole rings is 1. The van der Waals surface area contributed by atoms with Gasteiger partial charge in [-0.15, -0.1) is 11.3 Å². The summed E-state index contributed by atoms with van der Waals surface area (Å²) in [6.07, 6.45) is 3.42. The van der Waals surface area contributed by atoms with E-state index in [1.54, 1.807) is 33.3 Å². The predicted molar refractivity (Wildman–Crippen MR) is 83.3 cm³/mol. The average molecular weight is 306 g/mol. The predicted octanol–water partition coefficient (Wildman–Crippen LogP) is 2.44. The maximum atomic E-state index is 12.0. The molecule has 2 N–H and O–H groups in total. The molecule has 0 bridgehead atoms. The van der Waals surface area contributed by atoms with Crippen LogP contribution >= 0.6 is 11.3 Å². The summed E-state index contributed by atoms with van der Waals surface area (Å²) in [7, 11) is 1.63. The number of carbonyl (C=O) groups excluding carboxylic acids is 1. The fourth-order valence-electron chi connectivity index (χ4n) is 1.82. The van der Waals surface area contributed by atoms with E-state index in [1.165, 1.54) is 16.2 Å². The zero-order valence-electron chi connectivity index (χ0n) is 12.2. The van der Waals surface area contributed by atoms with Gasteiger partial charge in [0.2, 0.25) is 0 Å².